The molecule has 1 fully saturated rings. The number of likely N-dealkylation sites (N-methyl/N-ethyl adjacent to an activating group) is 1. The van der Waals surface area contributed by atoms with Gasteiger partial charge < -0.3 is 9.84 Å². The van der Waals surface area contributed by atoms with Crippen LogP contribution in [-0.4, -0.2) is 56.3 Å². The van der Waals surface area contributed by atoms with Gasteiger partial charge >= 0.3 is 0 Å². The molecule has 24 heavy (non-hydrogen) atoms. The van der Waals surface area contributed by atoms with Crippen LogP contribution in [0.3, 0.4) is 0 Å². The fraction of sp³-hybridized carbons (Fsp3) is 0.467. The van der Waals surface area contributed by atoms with Crippen molar-refractivity contribution in [3.63, 3.8) is 0 Å². The van der Waals surface area contributed by atoms with Gasteiger partial charge in [-0.15, -0.1) is 12.4 Å². The van der Waals surface area contributed by atoms with Gasteiger partial charge in [0.05, 0.1) is 23.0 Å². The third-order valence-corrected chi connectivity index (χ3v) is 4.33. The molecule has 3 aromatic rings. The lowest BCUT2D eigenvalue weighted by Crippen LogP contribution is -2.44. The van der Waals surface area contributed by atoms with Crippen molar-refractivity contribution in [1.82, 2.24) is 35.0 Å². The Morgan fingerprint density at radius 3 is 2.96 bits per heavy atom. The van der Waals surface area contributed by atoms with E-state index >= 15 is 0 Å². The van der Waals surface area contributed by atoms with Crippen molar-refractivity contribution >= 4 is 18.1 Å². The Labute approximate surface area is 145 Å². The average molecular weight is 350 g/mol. The van der Waals surface area contributed by atoms with E-state index in [1.54, 1.807) is 6.20 Å². The number of nitrogens with one attached hydrogen (secondary N) is 1. The first-order chi connectivity index (χ1) is 11.1. The zero-order valence-electron chi connectivity index (χ0n) is 13.9. The molecule has 0 amide bonds. The first-order valence-electron chi connectivity index (χ1n) is 7.70. The van der Waals surface area contributed by atoms with Gasteiger partial charge in [0.15, 0.2) is 11.5 Å². The van der Waals surface area contributed by atoms with Gasteiger partial charge in [0.25, 0.3) is 5.89 Å². The van der Waals surface area contributed by atoms with E-state index in [0.29, 0.717) is 11.7 Å². The molecule has 0 spiro atoms. The number of hydrogen-bond donors (Lipinski definition) is 1. The molecule has 3 aromatic heterocycles. The van der Waals surface area contributed by atoms with Gasteiger partial charge in [-0.25, -0.2) is 9.50 Å². The normalized spacial score (nSPS) is 18.7. The highest BCUT2D eigenvalue weighted by Gasteiger charge is 2.26. The summed E-state index contributed by atoms with van der Waals surface area (Å²) in [7, 11) is 2.08. The lowest BCUT2D eigenvalue weighted by Gasteiger charge is -2.30. The van der Waals surface area contributed by atoms with Gasteiger partial charge in [0.2, 0.25) is 0 Å². The number of nitrogens with zero attached hydrogens (tertiary/aromatic N) is 6. The molecular weight excluding hydrogens is 330 g/mol. The third kappa shape index (κ3) is 2.77. The molecule has 8 nitrogen and oxygen atoms in total. The largest absolute Gasteiger partial charge is 0.334 e. The molecule has 1 saturated heterocycles. The highest BCUT2D eigenvalue weighted by molar-refractivity contribution is 5.85. The van der Waals surface area contributed by atoms with E-state index in [-0.39, 0.29) is 18.4 Å². The molecule has 1 atom stereocenters. The van der Waals surface area contributed by atoms with Crippen LogP contribution in [-0.2, 0) is 0 Å². The third-order valence-electron chi connectivity index (χ3n) is 4.33. The molecule has 0 aromatic carbocycles. The summed E-state index contributed by atoms with van der Waals surface area (Å²) in [6.07, 6.45) is 1.77. The van der Waals surface area contributed by atoms with Crippen LogP contribution >= 0.6 is 12.4 Å². The van der Waals surface area contributed by atoms with E-state index in [1.165, 1.54) is 0 Å². The van der Waals surface area contributed by atoms with Crippen LogP contribution in [0.15, 0.2) is 16.8 Å². The van der Waals surface area contributed by atoms with Gasteiger partial charge in [-0.1, -0.05) is 5.16 Å². The number of aryl methyl sites for hydroxylation is 2. The highest BCUT2D eigenvalue weighted by Crippen LogP contribution is 2.25. The van der Waals surface area contributed by atoms with Gasteiger partial charge in [0.1, 0.15) is 0 Å². The Bertz CT molecular complexity index is 859. The maximum absolute atomic E-state index is 5.49. The zero-order valence-corrected chi connectivity index (χ0v) is 14.7. The Kier molecular flexibility index (Phi) is 4.53. The molecule has 0 aliphatic carbocycles. The smallest absolute Gasteiger partial charge is 0.261 e. The van der Waals surface area contributed by atoms with E-state index in [9.17, 15) is 0 Å². The Hall–Kier alpha value is -2.03. The Balaban J connectivity index is 0.00000169. The molecule has 4 rings (SSSR count). The number of rotatable bonds is 2. The van der Waals surface area contributed by atoms with Crippen LogP contribution in [0.4, 0.5) is 0 Å². The fourth-order valence-corrected chi connectivity index (χ4v) is 2.95. The molecule has 1 aliphatic heterocycles. The molecule has 4 heterocycles. The van der Waals surface area contributed by atoms with Crippen LogP contribution in [0.5, 0.6) is 0 Å². The molecule has 1 unspecified atom stereocenters. The van der Waals surface area contributed by atoms with Crippen LogP contribution in [0.1, 0.15) is 23.3 Å². The minimum Gasteiger partial charge on any atom is -0.334 e. The summed E-state index contributed by atoms with van der Waals surface area (Å²) in [5, 5.41) is 12.0. The maximum atomic E-state index is 5.49. The van der Waals surface area contributed by atoms with Crippen molar-refractivity contribution in [3.8, 4) is 11.5 Å². The number of piperazine rings is 1. The van der Waals surface area contributed by atoms with Crippen molar-refractivity contribution in [2.24, 2.45) is 0 Å². The molecule has 0 bridgehead atoms. The van der Waals surface area contributed by atoms with Crippen LogP contribution < -0.4 is 5.32 Å². The predicted molar refractivity (Wildman–Crippen MR) is 91.2 cm³/mol. The molecule has 0 radical (unpaired) electrons. The SMILES string of the molecule is Cc1cc2ncc(-c3nc(C4CNCCN4C)no3)c(C)n2n1.Cl. The van der Waals surface area contributed by atoms with Crippen molar-refractivity contribution in [2.75, 3.05) is 26.7 Å². The van der Waals surface area contributed by atoms with E-state index in [2.05, 4.69) is 37.5 Å². The van der Waals surface area contributed by atoms with Gasteiger partial charge in [-0.3, -0.25) is 4.90 Å². The number of hydrogen-bond acceptors (Lipinski definition) is 7. The summed E-state index contributed by atoms with van der Waals surface area (Å²) in [6, 6.07) is 2.07. The second-order valence-corrected chi connectivity index (χ2v) is 5.97. The first-order valence-corrected chi connectivity index (χ1v) is 7.70. The second-order valence-electron chi connectivity index (χ2n) is 5.97. The molecular formula is C15H20ClN7O. The molecule has 128 valence electrons. The summed E-state index contributed by atoms with van der Waals surface area (Å²) >= 11 is 0. The molecule has 1 N–H and O–H groups in total. The van der Waals surface area contributed by atoms with E-state index < -0.39 is 0 Å². The summed E-state index contributed by atoms with van der Waals surface area (Å²) in [5.41, 5.74) is 3.50. The highest BCUT2D eigenvalue weighted by atomic mass is 35.5. The molecule has 0 saturated carbocycles. The van der Waals surface area contributed by atoms with Crippen molar-refractivity contribution in [3.05, 3.63) is 29.5 Å². The fourth-order valence-electron chi connectivity index (χ4n) is 2.95. The summed E-state index contributed by atoms with van der Waals surface area (Å²) in [6.45, 7) is 6.70. The number of fused-ring (bicyclic) bond motifs is 1. The lowest BCUT2D eigenvalue weighted by atomic mass is 10.2. The lowest BCUT2D eigenvalue weighted by molar-refractivity contribution is 0.190. The van der Waals surface area contributed by atoms with E-state index in [1.807, 2.05) is 24.4 Å². The topological polar surface area (TPSA) is 84.4 Å². The van der Waals surface area contributed by atoms with Crippen molar-refractivity contribution in [2.45, 2.75) is 19.9 Å². The number of aromatic nitrogens is 5. The van der Waals surface area contributed by atoms with Crippen LogP contribution in [0.25, 0.3) is 17.1 Å². The molecule has 9 heteroatoms. The monoisotopic (exact) mass is 349 g/mol. The average Bonchev–Trinajstić information content (AvgIpc) is 3.15. The summed E-state index contributed by atoms with van der Waals surface area (Å²) < 4.78 is 7.30. The van der Waals surface area contributed by atoms with Crippen molar-refractivity contribution < 1.29 is 4.52 Å². The van der Waals surface area contributed by atoms with Gasteiger partial charge in [-0.05, 0) is 20.9 Å². The quantitative estimate of drug-likeness (QED) is 0.748. The minimum absolute atomic E-state index is 0. The predicted octanol–water partition coefficient (Wildman–Crippen LogP) is 1.39. The second kappa shape index (κ2) is 6.46. The summed E-state index contributed by atoms with van der Waals surface area (Å²) in [4.78, 5) is 11.2. The van der Waals surface area contributed by atoms with Gasteiger partial charge in [-0.2, -0.15) is 10.1 Å². The Morgan fingerprint density at radius 2 is 2.17 bits per heavy atom. The Morgan fingerprint density at radius 1 is 1.33 bits per heavy atom. The summed E-state index contributed by atoms with van der Waals surface area (Å²) in [5.74, 6) is 1.19. The van der Waals surface area contributed by atoms with Crippen LogP contribution in [0, 0.1) is 13.8 Å². The first kappa shape index (κ1) is 16.8. The van der Waals surface area contributed by atoms with Crippen LogP contribution in [0.2, 0.25) is 0 Å². The number of halogens is 1. The standard InChI is InChI=1S/C15H19N7O.ClH/c1-9-6-13-17-7-11(10(2)22(13)19-9)15-18-14(20-23-15)12-8-16-4-5-21(12)3;/h6-7,12,16H,4-5,8H2,1-3H3;1H. The molecule has 1 aliphatic rings. The van der Waals surface area contributed by atoms with E-state index in [4.69, 9.17) is 4.52 Å². The van der Waals surface area contributed by atoms with Crippen molar-refractivity contribution in [1.29, 1.82) is 0 Å². The van der Waals surface area contributed by atoms with E-state index in [0.717, 1.165) is 42.2 Å². The maximum Gasteiger partial charge on any atom is 0.261 e. The minimum atomic E-state index is 0. The zero-order chi connectivity index (χ0) is 16.0. The van der Waals surface area contributed by atoms with Gasteiger partial charge in [0, 0.05) is 31.9 Å².